The van der Waals surface area contributed by atoms with E-state index >= 15 is 0 Å². The van der Waals surface area contributed by atoms with Crippen molar-refractivity contribution in [2.24, 2.45) is 0 Å². The normalized spacial score (nSPS) is 19.5. The van der Waals surface area contributed by atoms with Gasteiger partial charge in [0, 0.05) is 36.9 Å². The molecule has 0 aliphatic carbocycles. The second-order valence-electron chi connectivity index (χ2n) is 9.16. The lowest BCUT2D eigenvalue weighted by atomic mass is 9.97. The summed E-state index contributed by atoms with van der Waals surface area (Å²) in [5.41, 5.74) is 4.54. The van der Waals surface area contributed by atoms with Crippen LogP contribution in [0, 0.1) is 0 Å². The van der Waals surface area contributed by atoms with Crippen LogP contribution in [0.4, 0.5) is 0 Å². The zero-order valence-electron chi connectivity index (χ0n) is 20.0. The Balaban J connectivity index is 1.32. The van der Waals surface area contributed by atoms with Gasteiger partial charge in [-0.25, -0.2) is 4.68 Å². The first-order valence-corrected chi connectivity index (χ1v) is 12.2. The molecule has 1 amide bonds. The van der Waals surface area contributed by atoms with Gasteiger partial charge < -0.3 is 14.4 Å². The van der Waals surface area contributed by atoms with E-state index in [1.54, 1.807) is 7.11 Å². The minimum atomic E-state index is -0.205. The molecule has 2 aliphatic heterocycles. The molecular weight excluding hydrogens is 458 g/mol. The Bertz CT molecular complexity index is 1360. The van der Waals surface area contributed by atoms with Crippen LogP contribution in [-0.2, 0) is 17.7 Å². The molecule has 0 bridgehead atoms. The van der Waals surface area contributed by atoms with Crippen LogP contribution in [0.3, 0.4) is 0 Å². The molecule has 0 spiro atoms. The van der Waals surface area contributed by atoms with Crippen molar-refractivity contribution in [3.05, 3.63) is 77.4 Å². The topological polar surface area (TPSA) is 111 Å². The SMILES string of the molecule is COc1cccc(CN2C(=O)c3cc(-c4cnn(C5CCCCO5)c4)ccc3C2Cc2nn[nH]n2)c1. The molecule has 1 fully saturated rings. The monoisotopic (exact) mass is 485 g/mol. The Morgan fingerprint density at radius 2 is 2.11 bits per heavy atom. The molecule has 0 radical (unpaired) electrons. The third-order valence-corrected chi connectivity index (χ3v) is 6.92. The second kappa shape index (κ2) is 9.54. The molecule has 6 rings (SSSR count). The lowest BCUT2D eigenvalue weighted by Crippen LogP contribution is -2.29. The Morgan fingerprint density at radius 1 is 1.17 bits per heavy atom. The van der Waals surface area contributed by atoms with Gasteiger partial charge in [-0.15, -0.1) is 10.2 Å². The maximum atomic E-state index is 13.7. The minimum Gasteiger partial charge on any atom is -0.497 e. The number of nitrogens with zero attached hydrogens (tertiary/aromatic N) is 6. The summed E-state index contributed by atoms with van der Waals surface area (Å²) in [5.74, 6) is 1.30. The molecule has 2 unspecified atom stereocenters. The zero-order valence-corrected chi connectivity index (χ0v) is 20.0. The highest BCUT2D eigenvalue weighted by Gasteiger charge is 2.37. The van der Waals surface area contributed by atoms with E-state index in [9.17, 15) is 4.79 Å². The van der Waals surface area contributed by atoms with Crippen molar-refractivity contribution >= 4 is 5.91 Å². The van der Waals surface area contributed by atoms with Crippen LogP contribution >= 0.6 is 0 Å². The summed E-state index contributed by atoms with van der Waals surface area (Å²) in [7, 11) is 1.64. The molecule has 184 valence electrons. The minimum absolute atomic E-state index is 0.0221. The maximum Gasteiger partial charge on any atom is 0.255 e. The molecule has 4 aromatic rings. The van der Waals surface area contributed by atoms with Crippen molar-refractivity contribution in [2.75, 3.05) is 13.7 Å². The van der Waals surface area contributed by atoms with E-state index in [1.807, 2.05) is 64.4 Å². The molecule has 1 saturated heterocycles. The number of tetrazole rings is 1. The van der Waals surface area contributed by atoms with Crippen molar-refractivity contribution in [3.63, 3.8) is 0 Å². The number of nitrogens with one attached hydrogen (secondary N) is 1. The van der Waals surface area contributed by atoms with E-state index < -0.39 is 0 Å². The van der Waals surface area contributed by atoms with Crippen LogP contribution in [0.2, 0.25) is 0 Å². The summed E-state index contributed by atoms with van der Waals surface area (Å²) in [6.45, 7) is 1.21. The number of ether oxygens (including phenoxy) is 2. The molecule has 2 aromatic carbocycles. The fourth-order valence-electron chi connectivity index (χ4n) is 5.06. The molecule has 36 heavy (non-hydrogen) atoms. The van der Waals surface area contributed by atoms with Crippen LogP contribution in [0.1, 0.15) is 58.8 Å². The molecule has 0 saturated carbocycles. The van der Waals surface area contributed by atoms with Gasteiger partial charge in [-0.1, -0.05) is 29.5 Å². The summed E-state index contributed by atoms with van der Waals surface area (Å²) >= 11 is 0. The Labute approximate surface area is 208 Å². The van der Waals surface area contributed by atoms with E-state index in [4.69, 9.17) is 9.47 Å². The van der Waals surface area contributed by atoms with Gasteiger partial charge in [0.1, 0.15) is 12.0 Å². The maximum absolute atomic E-state index is 13.7. The van der Waals surface area contributed by atoms with Crippen molar-refractivity contribution in [1.29, 1.82) is 0 Å². The van der Waals surface area contributed by atoms with E-state index in [1.165, 1.54) is 0 Å². The molecule has 1 N–H and O–H groups in total. The number of H-pyrrole nitrogens is 1. The zero-order chi connectivity index (χ0) is 24.5. The number of benzene rings is 2. The van der Waals surface area contributed by atoms with Crippen molar-refractivity contribution in [2.45, 2.75) is 44.5 Å². The van der Waals surface area contributed by atoms with Gasteiger partial charge in [-0.2, -0.15) is 10.3 Å². The number of hydrogen-bond acceptors (Lipinski definition) is 7. The standard InChI is InChI=1S/C26H27N7O3/c1-35-20-6-4-5-17(11-20)15-32-23(13-24-28-30-31-29-24)21-9-8-18(12-22(21)26(32)34)19-14-27-33(16-19)25-7-2-3-10-36-25/h4-6,8-9,11-12,14,16,23,25H,2-3,7,10,13,15H2,1H3,(H,28,29,30,31). The summed E-state index contributed by atoms with van der Waals surface area (Å²) in [4.78, 5) is 15.6. The number of amides is 1. The molecule has 10 nitrogen and oxygen atoms in total. The lowest BCUT2D eigenvalue weighted by Gasteiger charge is -2.24. The number of rotatable bonds is 7. The molecule has 10 heteroatoms. The van der Waals surface area contributed by atoms with Crippen molar-refractivity contribution in [3.8, 4) is 16.9 Å². The summed E-state index contributed by atoms with van der Waals surface area (Å²) in [5, 5.41) is 19.0. The van der Waals surface area contributed by atoms with Gasteiger partial charge in [0.05, 0.1) is 19.3 Å². The van der Waals surface area contributed by atoms with E-state index in [0.717, 1.165) is 53.9 Å². The first-order chi connectivity index (χ1) is 17.7. The highest BCUT2D eigenvalue weighted by molar-refractivity contribution is 6.00. The number of hydrogen-bond donors (Lipinski definition) is 1. The Morgan fingerprint density at radius 3 is 2.92 bits per heavy atom. The molecule has 2 aliphatic rings. The van der Waals surface area contributed by atoms with Crippen molar-refractivity contribution < 1.29 is 14.3 Å². The molecule has 2 aromatic heterocycles. The van der Waals surface area contributed by atoms with Crippen LogP contribution in [0.25, 0.3) is 11.1 Å². The number of carbonyl (C=O) groups excluding carboxylic acids is 1. The first-order valence-electron chi connectivity index (χ1n) is 12.2. The van der Waals surface area contributed by atoms with Gasteiger partial charge >= 0.3 is 0 Å². The van der Waals surface area contributed by atoms with Gasteiger partial charge in [-0.05, 0) is 54.2 Å². The number of aromatic amines is 1. The van der Waals surface area contributed by atoms with E-state index in [-0.39, 0.29) is 18.2 Å². The highest BCUT2D eigenvalue weighted by atomic mass is 16.5. The second-order valence-corrected chi connectivity index (χ2v) is 9.16. The largest absolute Gasteiger partial charge is 0.497 e. The third-order valence-electron chi connectivity index (χ3n) is 6.92. The average Bonchev–Trinajstić information content (AvgIpc) is 3.67. The third kappa shape index (κ3) is 4.24. The van der Waals surface area contributed by atoms with Crippen molar-refractivity contribution in [1.82, 2.24) is 35.3 Å². The number of carbonyl (C=O) groups is 1. The predicted molar refractivity (Wildman–Crippen MR) is 130 cm³/mol. The van der Waals surface area contributed by atoms with E-state index in [0.29, 0.717) is 24.4 Å². The number of fused-ring (bicyclic) bond motifs is 1. The first kappa shape index (κ1) is 22.4. The smallest absolute Gasteiger partial charge is 0.255 e. The Kier molecular flexibility index (Phi) is 5.94. The predicted octanol–water partition coefficient (Wildman–Crippen LogP) is 3.71. The van der Waals surface area contributed by atoms with Gasteiger partial charge in [-0.3, -0.25) is 4.79 Å². The summed E-state index contributed by atoms with van der Waals surface area (Å²) in [6, 6.07) is 13.6. The fourth-order valence-corrected chi connectivity index (χ4v) is 5.06. The van der Waals surface area contributed by atoms with Gasteiger partial charge in [0.2, 0.25) is 0 Å². The lowest BCUT2D eigenvalue weighted by molar-refractivity contribution is -0.0394. The van der Waals surface area contributed by atoms with Crippen LogP contribution in [0.5, 0.6) is 5.75 Å². The van der Waals surface area contributed by atoms with Gasteiger partial charge in [0.15, 0.2) is 5.82 Å². The highest BCUT2D eigenvalue weighted by Crippen LogP contribution is 2.39. The summed E-state index contributed by atoms with van der Waals surface area (Å²) < 4.78 is 13.1. The molecular formula is C26H27N7O3. The summed E-state index contributed by atoms with van der Waals surface area (Å²) in [6.07, 6.45) is 7.47. The number of aromatic nitrogens is 6. The molecule has 2 atom stereocenters. The van der Waals surface area contributed by atoms with E-state index in [2.05, 4.69) is 25.7 Å². The van der Waals surface area contributed by atoms with Crippen LogP contribution in [0.15, 0.2) is 54.9 Å². The molecule has 4 heterocycles. The quantitative estimate of drug-likeness (QED) is 0.425. The van der Waals surface area contributed by atoms with Gasteiger partial charge in [0.25, 0.3) is 5.91 Å². The van der Waals surface area contributed by atoms with Crippen LogP contribution in [-0.4, -0.2) is 54.9 Å². The average molecular weight is 486 g/mol. The number of methoxy groups -OCH3 is 1. The van der Waals surface area contributed by atoms with Crippen LogP contribution < -0.4 is 4.74 Å². The fraction of sp³-hybridized carbons (Fsp3) is 0.346. The Hall–Kier alpha value is -4.05.